The Kier molecular flexibility index (Phi) is 6.78. The Balaban J connectivity index is 1.49. The largest absolute Gasteiger partial charge is 0.378 e. The molecule has 0 aliphatic carbocycles. The Labute approximate surface area is 220 Å². The summed E-state index contributed by atoms with van der Waals surface area (Å²) in [5.74, 6) is -1.30. The van der Waals surface area contributed by atoms with Gasteiger partial charge in [0.1, 0.15) is 11.6 Å². The van der Waals surface area contributed by atoms with E-state index >= 15 is 0 Å². The van der Waals surface area contributed by atoms with Crippen LogP contribution in [0.15, 0.2) is 54.7 Å². The van der Waals surface area contributed by atoms with Gasteiger partial charge in [-0.05, 0) is 55.0 Å². The number of nitrogens with one attached hydrogen (secondary N) is 1. The molecule has 0 saturated carbocycles. The van der Waals surface area contributed by atoms with Crippen LogP contribution in [0.3, 0.4) is 0 Å². The molecule has 38 heavy (non-hydrogen) atoms. The number of halogens is 2. The van der Waals surface area contributed by atoms with Crippen LogP contribution in [0.2, 0.25) is 0 Å². The minimum atomic E-state index is -0.648. The predicted molar refractivity (Wildman–Crippen MR) is 145 cm³/mol. The third kappa shape index (κ3) is 4.87. The predicted octanol–water partition coefficient (Wildman–Crippen LogP) is 5.30. The van der Waals surface area contributed by atoms with Crippen molar-refractivity contribution in [1.29, 1.82) is 0 Å². The molecular formula is C29H29F2N5O2. The van der Waals surface area contributed by atoms with Gasteiger partial charge < -0.3 is 24.6 Å². The first-order chi connectivity index (χ1) is 18.6. The summed E-state index contributed by atoms with van der Waals surface area (Å²) in [6.45, 7) is 7.87. The summed E-state index contributed by atoms with van der Waals surface area (Å²) in [4.78, 5) is 13.8. The molecule has 0 radical (unpaired) electrons. The minimum absolute atomic E-state index is 0.367. The zero-order valence-corrected chi connectivity index (χ0v) is 21.2. The molecule has 2 fully saturated rings. The van der Waals surface area contributed by atoms with Crippen LogP contribution in [-0.2, 0) is 9.47 Å². The number of anilines is 4. The number of nitrogens with zero attached hydrogens (tertiary/aromatic N) is 4. The normalized spacial score (nSPS) is 16.2. The molecule has 1 N–H and O–H groups in total. The maximum Gasteiger partial charge on any atom is 0.161 e. The van der Waals surface area contributed by atoms with Gasteiger partial charge in [-0.25, -0.2) is 18.7 Å². The van der Waals surface area contributed by atoms with Crippen LogP contribution < -0.4 is 15.1 Å². The number of fused-ring (bicyclic) bond motifs is 1. The Morgan fingerprint density at radius 2 is 1.53 bits per heavy atom. The van der Waals surface area contributed by atoms with Crippen molar-refractivity contribution in [1.82, 2.24) is 9.97 Å². The minimum Gasteiger partial charge on any atom is -0.378 e. The van der Waals surface area contributed by atoms with Crippen LogP contribution in [-0.4, -0.2) is 62.6 Å². The molecule has 196 valence electrons. The first kappa shape index (κ1) is 24.5. The standard InChI is InChI=1S/C29H29F2N5O2/c1-19-27(20-15-21(30)17-22(31)16-20)34-29-24(3-2-6-32-29)28(19)33-25-18-23(35-7-11-37-12-8-35)4-5-26(25)36-9-13-38-14-10-36/h2-6,15-18H,7-14H2,1H3,(H,32,33,34). The van der Waals surface area contributed by atoms with Gasteiger partial charge in [0.05, 0.1) is 49.2 Å². The van der Waals surface area contributed by atoms with Gasteiger partial charge in [-0.3, -0.25) is 0 Å². The van der Waals surface area contributed by atoms with E-state index in [1.165, 1.54) is 12.1 Å². The summed E-state index contributed by atoms with van der Waals surface area (Å²) in [7, 11) is 0. The molecule has 0 amide bonds. The first-order valence-corrected chi connectivity index (χ1v) is 12.8. The molecular weight excluding hydrogens is 488 g/mol. The highest BCUT2D eigenvalue weighted by atomic mass is 19.1. The van der Waals surface area contributed by atoms with Crippen LogP contribution in [0, 0.1) is 18.6 Å². The average molecular weight is 518 g/mol. The van der Waals surface area contributed by atoms with Gasteiger partial charge in [0, 0.05) is 55.1 Å². The second-order valence-corrected chi connectivity index (χ2v) is 9.52. The number of hydrogen-bond donors (Lipinski definition) is 1. The maximum atomic E-state index is 14.2. The van der Waals surface area contributed by atoms with Crippen molar-refractivity contribution in [2.24, 2.45) is 0 Å². The number of aromatic nitrogens is 2. The fourth-order valence-corrected chi connectivity index (χ4v) is 5.18. The second kappa shape index (κ2) is 10.5. The van der Waals surface area contributed by atoms with Crippen LogP contribution in [0.1, 0.15) is 5.56 Å². The van der Waals surface area contributed by atoms with Gasteiger partial charge in [-0.15, -0.1) is 0 Å². The summed E-state index contributed by atoms with van der Waals surface area (Å²) in [6, 6.07) is 13.8. The Morgan fingerprint density at radius 1 is 0.842 bits per heavy atom. The maximum absolute atomic E-state index is 14.2. The number of hydrogen-bond acceptors (Lipinski definition) is 7. The Bertz CT molecular complexity index is 1450. The lowest BCUT2D eigenvalue weighted by Gasteiger charge is -2.33. The lowest BCUT2D eigenvalue weighted by molar-refractivity contribution is 0.122. The molecule has 2 aliphatic rings. The highest BCUT2D eigenvalue weighted by molar-refractivity contribution is 5.97. The summed E-state index contributed by atoms with van der Waals surface area (Å²) in [5, 5.41) is 4.52. The molecule has 2 aliphatic heterocycles. The SMILES string of the molecule is Cc1c(-c2cc(F)cc(F)c2)nc2ncccc2c1Nc1cc(N2CCOCC2)ccc1N1CCOCC1. The van der Waals surface area contributed by atoms with E-state index in [1.54, 1.807) is 6.20 Å². The first-order valence-electron chi connectivity index (χ1n) is 12.8. The molecule has 0 unspecified atom stereocenters. The third-order valence-corrected chi connectivity index (χ3v) is 7.11. The topological polar surface area (TPSA) is 62.8 Å². The summed E-state index contributed by atoms with van der Waals surface area (Å²) >= 11 is 0. The van der Waals surface area contributed by atoms with Gasteiger partial charge in [0.15, 0.2) is 5.65 Å². The molecule has 0 spiro atoms. The van der Waals surface area contributed by atoms with Gasteiger partial charge in [0.25, 0.3) is 0 Å². The highest BCUT2D eigenvalue weighted by Crippen LogP contribution is 2.39. The van der Waals surface area contributed by atoms with E-state index in [1.807, 2.05) is 19.1 Å². The molecule has 2 aromatic carbocycles. The lowest BCUT2D eigenvalue weighted by Crippen LogP contribution is -2.37. The van der Waals surface area contributed by atoms with Crippen LogP contribution in [0.4, 0.5) is 31.5 Å². The van der Waals surface area contributed by atoms with E-state index in [9.17, 15) is 8.78 Å². The van der Waals surface area contributed by atoms with E-state index in [0.29, 0.717) is 43.3 Å². The van der Waals surface area contributed by atoms with E-state index < -0.39 is 11.6 Å². The molecule has 4 heterocycles. The Morgan fingerprint density at radius 3 is 2.24 bits per heavy atom. The lowest BCUT2D eigenvalue weighted by atomic mass is 10.0. The van der Waals surface area contributed by atoms with Crippen LogP contribution in [0.5, 0.6) is 0 Å². The summed E-state index contributed by atoms with van der Waals surface area (Å²) in [6.07, 6.45) is 1.67. The van der Waals surface area contributed by atoms with Crippen molar-refractivity contribution in [2.45, 2.75) is 6.92 Å². The fourth-order valence-electron chi connectivity index (χ4n) is 5.18. The molecule has 0 atom stereocenters. The average Bonchev–Trinajstić information content (AvgIpc) is 2.95. The van der Waals surface area contributed by atoms with Gasteiger partial charge in [0.2, 0.25) is 0 Å². The van der Waals surface area contributed by atoms with E-state index in [2.05, 4.69) is 38.3 Å². The number of pyridine rings is 2. The van der Waals surface area contributed by atoms with Crippen molar-refractivity contribution >= 4 is 33.8 Å². The fraction of sp³-hybridized carbons (Fsp3) is 0.310. The van der Waals surface area contributed by atoms with Gasteiger partial charge in [-0.2, -0.15) is 0 Å². The molecule has 4 aromatic rings. The smallest absolute Gasteiger partial charge is 0.161 e. The number of morpholine rings is 2. The van der Waals surface area contributed by atoms with E-state index in [4.69, 9.17) is 14.5 Å². The van der Waals surface area contributed by atoms with E-state index in [0.717, 1.165) is 65.9 Å². The van der Waals surface area contributed by atoms with Crippen molar-refractivity contribution in [3.05, 3.63) is 71.9 Å². The molecule has 6 rings (SSSR count). The molecule has 2 saturated heterocycles. The van der Waals surface area contributed by atoms with Crippen molar-refractivity contribution in [3.8, 4) is 11.3 Å². The molecule has 9 heteroatoms. The number of ether oxygens (including phenoxy) is 2. The van der Waals surface area contributed by atoms with Crippen molar-refractivity contribution in [3.63, 3.8) is 0 Å². The van der Waals surface area contributed by atoms with Crippen LogP contribution >= 0.6 is 0 Å². The summed E-state index contributed by atoms with van der Waals surface area (Å²) < 4.78 is 39.5. The quantitative estimate of drug-likeness (QED) is 0.386. The zero-order valence-electron chi connectivity index (χ0n) is 21.2. The third-order valence-electron chi connectivity index (χ3n) is 7.11. The number of rotatable bonds is 5. The van der Waals surface area contributed by atoms with Gasteiger partial charge in [-0.1, -0.05) is 0 Å². The number of benzene rings is 2. The zero-order chi connectivity index (χ0) is 26.1. The highest BCUT2D eigenvalue weighted by Gasteiger charge is 2.21. The van der Waals surface area contributed by atoms with Crippen molar-refractivity contribution in [2.75, 3.05) is 67.7 Å². The van der Waals surface area contributed by atoms with E-state index in [-0.39, 0.29) is 0 Å². The monoisotopic (exact) mass is 517 g/mol. The molecule has 2 aromatic heterocycles. The van der Waals surface area contributed by atoms with Crippen LogP contribution in [0.25, 0.3) is 22.3 Å². The van der Waals surface area contributed by atoms with Gasteiger partial charge >= 0.3 is 0 Å². The van der Waals surface area contributed by atoms with Crippen molar-refractivity contribution < 1.29 is 18.3 Å². The molecule has 0 bridgehead atoms. The summed E-state index contributed by atoms with van der Waals surface area (Å²) in [5.41, 5.74) is 6.03. The molecule has 7 nitrogen and oxygen atoms in total. The second-order valence-electron chi connectivity index (χ2n) is 9.52. The Hall–Kier alpha value is -3.82.